The van der Waals surface area contributed by atoms with E-state index < -0.39 is 0 Å². The molecule has 0 N–H and O–H groups in total. The fourth-order valence-corrected chi connectivity index (χ4v) is 2.47. The van der Waals surface area contributed by atoms with Gasteiger partial charge >= 0.3 is 5.63 Å². The zero-order chi connectivity index (χ0) is 14.8. The van der Waals surface area contributed by atoms with Crippen LogP contribution in [0.15, 0.2) is 51.7 Å². The lowest BCUT2D eigenvalue weighted by Crippen LogP contribution is -2.03. The predicted octanol–water partition coefficient (Wildman–Crippen LogP) is 4.27. The Labute approximate surface area is 135 Å². The van der Waals surface area contributed by atoms with E-state index in [1.165, 1.54) is 5.56 Å². The molecular formula is C17H12INO2. The van der Waals surface area contributed by atoms with Crippen LogP contribution in [0.4, 0.5) is 0 Å². The summed E-state index contributed by atoms with van der Waals surface area (Å²) in [6.45, 7) is 2.04. The van der Waals surface area contributed by atoms with Crippen molar-refractivity contribution in [1.29, 1.82) is 0 Å². The van der Waals surface area contributed by atoms with Crippen molar-refractivity contribution in [3.8, 4) is 0 Å². The van der Waals surface area contributed by atoms with Gasteiger partial charge in [-0.3, -0.25) is 0 Å². The van der Waals surface area contributed by atoms with Crippen LogP contribution in [-0.4, -0.2) is 4.98 Å². The van der Waals surface area contributed by atoms with Gasteiger partial charge in [0.05, 0.1) is 10.9 Å². The number of fused-ring (bicyclic) bond motifs is 1. The third kappa shape index (κ3) is 3.21. The summed E-state index contributed by atoms with van der Waals surface area (Å²) in [5.41, 5.74) is 2.53. The van der Waals surface area contributed by atoms with Crippen LogP contribution in [0.3, 0.4) is 0 Å². The zero-order valence-electron chi connectivity index (χ0n) is 11.3. The van der Waals surface area contributed by atoms with Gasteiger partial charge in [0.25, 0.3) is 0 Å². The van der Waals surface area contributed by atoms with Crippen LogP contribution in [0.5, 0.6) is 0 Å². The molecule has 104 valence electrons. The number of aryl methyl sites for hydroxylation is 1. The average Bonchev–Trinajstić information content (AvgIpc) is 2.47. The minimum Gasteiger partial charge on any atom is -0.404 e. The lowest BCUT2D eigenvalue weighted by Gasteiger charge is -1.98. The smallest absolute Gasteiger partial charge is 0.347 e. The van der Waals surface area contributed by atoms with Crippen molar-refractivity contribution in [3.63, 3.8) is 0 Å². The number of hydrogen-bond donors (Lipinski definition) is 0. The average molecular weight is 389 g/mol. The Kier molecular flexibility index (Phi) is 3.88. The van der Waals surface area contributed by atoms with Crippen molar-refractivity contribution in [2.45, 2.75) is 6.92 Å². The normalized spacial score (nSPS) is 11.3. The molecular weight excluding hydrogens is 377 g/mol. The van der Waals surface area contributed by atoms with Gasteiger partial charge < -0.3 is 4.42 Å². The third-order valence-corrected chi connectivity index (χ3v) is 3.77. The van der Waals surface area contributed by atoms with Gasteiger partial charge in [0, 0.05) is 9.65 Å². The molecule has 0 radical (unpaired) electrons. The first-order valence-electron chi connectivity index (χ1n) is 6.47. The number of aromatic nitrogens is 1. The summed E-state index contributed by atoms with van der Waals surface area (Å²) in [6, 6.07) is 13.6. The number of hydrogen-bond acceptors (Lipinski definition) is 3. The van der Waals surface area contributed by atoms with Crippen molar-refractivity contribution in [2.24, 2.45) is 0 Å². The highest BCUT2D eigenvalue weighted by Crippen LogP contribution is 2.14. The first kappa shape index (κ1) is 14.0. The van der Waals surface area contributed by atoms with Gasteiger partial charge in [-0.2, -0.15) is 0 Å². The molecule has 21 heavy (non-hydrogen) atoms. The predicted molar refractivity (Wildman–Crippen MR) is 93.1 cm³/mol. The van der Waals surface area contributed by atoms with Gasteiger partial charge in [-0.05, 0) is 59.4 Å². The minimum absolute atomic E-state index is 0.314. The van der Waals surface area contributed by atoms with Gasteiger partial charge in [-0.15, -0.1) is 0 Å². The van der Waals surface area contributed by atoms with Gasteiger partial charge in [-0.1, -0.05) is 29.8 Å². The third-order valence-electron chi connectivity index (χ3n) is 3.10. The van der Waals surface area contributed by atoms with E-state index in [4.69, 9.17) is 4.42 Å². The van der Waals surface area contributed by atoms with E-state index in [1.807, 2.05) is 49.4 Å². The summed E-state index contributed by atoms with van der Waals surface area (Å²) < 4.78 is 6.22. The Morgan fingerprint density at radius 1 is 1.10 bits per heavy atom. The second-order valence-corrected chi connectivity index (χ2v) is 5.99. The highest BCUT2D eigenvalue weighted by atomic mass is 127. The molecule has 0 amide bonds. The van der Waals surface area contributed by atoms with Crippen LogP contribution >= 0.6 is 22.6 Å². The molecule has 1 heterocycles. The van der Waals surface area contributed by atoms with Gasteiger partial charge in [-0.25, -0.2) is 9.78 Å². The van der Waals surface area contributed by atoms with E-state index in [-0.39, 0.29) is 5.63 Å². The minimum atomic E-state index is -0.359. The fourth-order valence-electron chi connectivity index (χ4n) is 1.98. The summed E-state index contributed by atoms with van der Waals surface area (Å²) in [6.07, 6.45) is 3.59. The molecule has 3 nitrogen and oxygen atoms in total. The Balaban J connectivity index is 1.99. The Morgan fingerprint density at radius 2 is 1.86 bits per heavy atom. The second-order valence-electron chi connectivity index (χ2n) is 4.75. The highest BCUT2D eigenvalue weighted by molar-refractivity contribution is 14.1. The van der Waals surface area contributed by atoms with Crippen LogP contribution < -0.4 is 5.63 Å². The summed E-state index contributed by atoms with van der Waals surface area (Å²) in [5, 5.41) is 0.509. The summed E-state index contributed by atoms with van der Waals surface area (Å²) in [7, 11) is 0. The lowest BCUT2D eigenvalue weighted by molar-refractivity contribution is 0.490. The monoisotopic (exact) mass is 389 g/mol. The largest absolute Gasteiger partial charge is 0.404 e. The SMILES string of the molecule is Cc1ccc(/C=C/c2nc3ccc(I)cc3c(=O)o2)cc1. The standard InChI is InChI=1S/C17H12INO2/c1-11-2-4-12(5-3-11)6-9-16-19-15-8-7-13(18)10-14(15)17(20)21-16/h2-10H,1H3/b9-6+. The van der Waals surface area contributed by atoms with E-state index >= 15 is 0 Å². The van der Waals surface area contributed by atoms with Crippen LogP contribution in [0.1, 0.15) is 17.0 Å². The van der Waals surface area contributed by atoms with Crippen molar-refractivity contribution in [1.82, 2.24) is 4.98 Å². The number of benzene rings is 2. The molecule has 0 saturated heterocycles. The van der Waals surface area contributed by atoms with E-state index in [0.717, 1.165) is 9.13 Å². The fraction of sp³-hybridized carbons (Fsp3) is 0.0588. The zero-order valence-corrected chi connectivity index (χ0v) is 13.5. The molecule has 0 fully saturated rings. The number of rotatable bonds is 2. The topological polar surface area (TPSA) is 43.1 Å². The maximum absolute atomic E-state index is 12.0. The van der Waals surface area contributed by atoms with E-state index in [9.17, 15) is 4.79 Å². The van der Waals surface area contributed by atoms with Crippen LogP contribution in [0.2, 0.25) is 0 Å². The van der Waals surface area contributed by atoms with Crippen molar-refractivity contribution in [3.05, 3.63) is 73.5 Å². The molecule has 0 aliphatic rings. The molecule has 2 aromatic carbocycles. The molecule has 0 unspecified atom stereocenters. The van der Waals surface area contributed by atoms with Crippen molar-refractivity contribution >= 4 is 45.6 Å². The quantitative estimate of drug-likeness (QED) is 0.615. The summed E-state index contributed by atoms with van der Waals surface area (Å²) >= 11 is 2.16. The molecule has 0 aliphatic heterocycles. The Morgan fingerprint density at radius 3 is 2.62 bits per heavy atom. The maximum Gasteiger partial charge on any atom is 0.347 e. The van der Waals surface area contributed by atoms with Gasteiger partial charge in [0.2, 0.25) is 5.89 Å². The van der Waals surface area contributed by atoms with E-state index in [1.54, 1.807) is 12.1 Å². The molecule has 0 spiro atoms. The van der Waals surface area contributed by atoms with E-state index in [2.05, 4.69) is 27.6 Å². The molecule has 4 heteroatoms. The number of halogens is 1. The molecule has 0 aliphatic carbocycles. The van der Waals surface area contributed by atoms with Crippen LogP contribution in [0.25, 0.3) is 23.1 Å². The lowest BCUT2D eigenvalue weighted by atomic mass is 10.1. The molecule has 0 atom stereocenters. The number of nitrogens with zero attached hydrogens (tertiary/aromatic N) is 1. The summed E-state index contributed by atoms with van der Waals surface area (Å²) in [5.74, 6) is 0.314. The van der Waals surface area contributed by atoms with Gasteiger partial charge in [0.1, 0.15) is 0 Å². The molecule has 3 rings (SSSR count). The second kappa shape index (κ2) is 5.81. The molecule has 1 aromatic heterocycles. The van der Waals surface area contributed by atoms with Crippen molar-refractivity contribution < 1.29 is 4.42 Å². The van der Waals surface area contributed by atoms with Crippen molar-refractivity contribution in [2.75, 3.05) is 0 Å². The molecule has 0 saturated carbocycles. The van der Waals surface area contributed by atoms with Gasteiger partial charge in [0.15, 0.2) is 0 Å². The Hall–Kier alpha value is -1.95. The first-order chi connectivity index (χ1) is 10.1. The molecule has 0 bridgehead atoms. The summed E-state index contributed by atoms with van der Waals surface area (Å²) in [4.78, 5) is 16.3. The Bertz CT molecular complexity index is 879. The maximum atomic E-state index is 12.0. The highest BCUT2D eigenvalue weighted by Gasteiger charge is 2.04. The van der Waals surface area contributed by atoms with Crippen LogP contribution in [-0.2, 0) is 0 Å². The van der Waals surface area contributed by atoms with Crippen LogP contribution in [0, 0.1) is 10.5 Å². The first-order valence-corrected chi connectivity index (χ1v) is 7.55. The van der Waals surface area contributed by atoms with E-state index in [0.29, 0.717) is 16.8 Å². The molecule has 3 aromatic rings.